The predicted molar refractivity (Wildman–Crippen MR) is 65.4 cm³/mol. The van der Waals surface area contributed by atoms with Crippen LogP contribution in [0.5, 0.6) is 0 Å². The lowest BCUT2D eigenvalue weighted by molar-refractivity contribution is -0.140. The first-order valence-electron chi connectivity index (χ1n) is 5.03. The van der Waals surface area contributed by atoms with Crippen LogP contribution in [0, 0.1) is 0 Å². The Labute approximate surface area is 106 Å². The summed E-state index contributed by atoms with van der Waals surface area (Å²) in [6.07, 6.45) is 1.43. The molecule has 0 saturated carbocycles. The fraction of sp³-hybridized carbons (Fsp3) is 0.500. The highest BCUT2D eigenvalue weighted by molar-refractivity contribution is 9.10. The first-order chi connectivity index (χ1) is 8.01. The second kappa shape index (κ2) is 5.81. The van der Waals surface area contributed by atoms with Gasteiger partial charge in [-0.15, -0.1) is 0 Å². The van der Waals surface area contributed by atoms with Crippen LogP contribution in [0.1, 0.15) is 6.92 Å². The molecule has 1 rings (SSSR count). The molecule has 0 aliphatic heterocycles. The zero-order valence-electron chi connectivity index (χ0n) is 9.55. The summed E-state index contributed by atoms with van der Waals surface area (Å²) in [6, 6.07) is 1.29. The van der Waals surface area contributed by atoms with E-state index in [0.717, 1.165) is 4.57 Å². The van der Waals surface area contributed by atoms with E-state index in [1.165, 1.54) is 23.9 Å². The van der Waals surface area contributed by atoms with Crippen molar-refractivity contribution in [3.8, 4) is 0 Å². The van der Waals surface area contributed by atoms with Crippen LogP contribution in [0.2, 0.25) is 0 Å². The van der Waals surface area contributed by atoms with E-state index in [1.54, 1.807) is 6.92 Å². The Balaban J connectivity index is 3.10. The van der Waals surface area contributed by atoms with E-state index in [0.29, 0.717) is 6.54 Å². The molecule has 0 saturated heterocycles. The van der Waals surface area contributed by atoms with E-state index >= 15 is 0 Å². The average Bonchev–Trinajstić information content (AvgIpc) is 2.33. The lowest BCUT2D eigenvalue weighted by atomic mass is 10.4. The van der Waals surface area contributed by atoms with E-state index in [4.69, 9.17) is 0 Å². The third kappa shape index (κ3) is 3.06. The monoisotopic (exact) mass is 304 g/mol. The summed E-state index contributed by atoms with van der Waals surface area (Å²) >= 11 is 3.07. The van der Waals surface area contributed by atoms with Crippen molar-refractivity contribution in [2.24, 2.45) is 0 Å². The van der Waals surface area contributed by atoms with E-state index in [9.17, 15) is 14.4 Å². The molecule has 0 N–H and O–H groups in total. The molecule has 0 aliphatic rings. The van der Waals surface area contributed by atoms with Crippen molar-refractivity contribution in [2.75, 3.05) is 7.11 Å². The molecule has 0 bridgehead atoms. The maximum absolute atomic E-state index is 11.8. The number of carbonyl (C=O) groups is 1. The summed E-state index contributed by atoms with van der Waals surface area (Å²) in [4.78, 5) is 33.8. The molecule has 1 aromatic heterocycles. The van der Waals surface area contributed by atoms with Crippen molar-refractivity contribution in [2.45, 2.75) is 24.8 Å². The molecule has 0 radical (unpaired) electrons. The molecule has 1 atom stereocenters. The number of halogens is 1. The fourth-order valence-corrected chi connectivity index (χ4v) is 1.80. The fourth-order valence-electron chi connectivity index (χ4n) is 1.33. The van der Waals surface area contributed by atoms with Gasteiger partial charge in [-0.3, -0.25) is 14.2 Å². The molecular formula is C10H13BrN2O4. The van der Waals surface area contributed by atoms with Crippen molar-refractivity contribution < 1.29 is 9.53 Å². The normalized spacial score (nSPS) is 12.2. The van der Waals surface area contributed by atoms with Crippen molar-refractivity contribution in [1.82, 2.24) is 9.13 Å². The van der Waals surface area contributed by atoms with Crippen LogP contribution in [-0.4, -0.2) is 27.0 Å². The minimum absolute atomic E-state index is 0.0504. The van der Waals surface area contributed by atoms with Gasteiger partial charge in [0.2, 0.25) is 0 Å². The number of rotatable bonds is 4. The Bertz CT molecular complexity index is 520. The number of hydrogen-bond acceptors (Lipinski definition) is 4. The van der Waals surface area contributed by atoms with Crippen molar-refractivity contribution in [3.05, 3.63) is 33.1 Å². The third-order valence-electron chi connectivity index (χ3n) is 2.28. The van der Waals surface area contributed by atoms with Crippen LogP contribution in [0.15, 0.2) is 21.9 Å². The second-order valence-corrected chi connectivity index (χ2v) is 4.43. The number of esters is 1. The molecule has 0 amide bonds. The van der Waals surface area contributed by atoms with Gasteiger partial charge in [-0.05, 0) is 6.92 Å². The van der Waals surface area contributed by atoms with Gasteiger partial charge in [-0.25, -0.2) is 4.79 Å². The highest BCUT2D eigenvalue weighted by Crippen LogP contribution is 2.02. The number of aryl methyl sites for hydroxylation is 1. The molecular weight excluding hydrogens is 292 g/mol. The van der Waals surface area contributed by atoms with Crippen molar-refractivity contribution in [1.29, 1.82) is 0 Å². The van der Waals surface area contributed by atoms with E-state index in [1.807, 2.05) is 0 Å². The van der Waals surface area contributed by atoms with E-state index in [-0.39, 0.29) is 6.54 Å². The molecule has 94 valence electrons. The van der Waals surface area contributed by atoms with Gasteiger partial charge in [0.05, 0.1) is 13.7 Å². The molecule has 0 aliphatic carbocycles. The summed E-state index contributed by atoms with van der Waals surface area (Å²) in [7, 11) is 1.24. The second-order valence-electron chi connectivity index (χ2n) is 3.32. The quantitative estimate of drug-likeness (QED) is 0.578. The predicted octanol–water partition coefficient (Wildman–Crippen LogP) is -0.0336. The smallest absolute Gasteiger partial charge is 0.330 e. The SMILES string of the molecule is CCn1ccc(=O)n(CC(Br)C(=O)OC)c1=O. The number of aromatic nitrogens is 2. The lowest BCUT2D eigenvalue weighted by Crippen LogP contribution is -2.41. The first kappa shape index (κ1) is 13.7. The molecule has 1 aromatic rings. The lowest BCUT2D eigenvalue weighted by Gasteiger charge is -2.10. The van der Waals surface area contributed by atoms with E-state index < -0.39 is 22.0 Å². The van der Waals surface area contributed by atoms with Gasteiger partial charge >= 0.3 is 11.7 Å². The number of carbonyl (C=O) groups excluding carboxylic acids is 1. The molecule has 1 unspecified atom stereocenters. The van der Waals surface area contributed by atoms with Gasteiger partial charge in [-0.2, -0.15) is 0 Å². The number of nitrogens with zero attached hydrogens (tertiary/aromatic N) is 2. The summed E-state index contributed by atoms with van der Waals surface area (Å²) in [5, 5.41) is 0. The molecule has 0 aromatic carbocycles. The minimum atomic E-state index is -0.717. The number of alkyl halides is 1. The van der Waals surface area contributed by atoms with Crippen molar-refractivity contribution >= 4 is 21.9 Å². The molecule has 1 heterocycles. The van der Waals surface area contributed by atoms with Gasteiger partial charge in [-0.1, -0.05) is 15.9 Å². The number of ether oxygens (including phenoxy) is 1. The summed E-state index contributed by atoms with van der Waals surface area (Å²) < 4.78 is 6.90. The van der Waals surface area contributed by atoms with Gasteiger partial charge in [0.25, 0.3) is 5.56 Å². The summed E-state index contributed by atoms with van der Waals surface area (Å²) in [5.41, 5.74) is -0.874. The zero-order valence-corrected chi connectivity index (χ0v) is 11.1. The van der Waals surface area contributed by atoms with Crippen LogP contribution in [0.4, 0.5) is 0 Å². The molecule has 7 heteroatoms. The summed E-state index contributed by atoms with van der Waals surface area (Å²) in [5.74, 6) is -0.525. The molecule has 0 spiro atoms. The van der Waals surface area contributed by atoms with E-state index in [2.05, 4.69) is 20.7 Å². The molecule has 6 nitrogen and oxygen atoms in total. The van der Waals surface area contributed by atoms with Gasteiger partial charge in [0.15, 0.2) is 0 Å². The Morgan fingerprint density at radius 2 is 2.18 bits per heavy atom. The van der Waals surface area contributed by atoms with Crippen LogP contribution < -0.4 is 11.2 Å². The standard InChI is InChI=1S/C10H13BrN2O4/c1-3-12-5-4-8(14)13(10(12)16)6-7(11)9(15)17-2/h4-5,7H,3,6H2,1-2H3. The third-order valence-corrected chi connectivity index (χ3v) is 2.94. The van der Waals surface area contributed by atoms with Gasteiger partial charge in [0, 0.05) is 18.8 Å². The summed E-state index contributed by atoms with van der Waals surface area (Å²) in [6.45, 7) is 2.21. The molecule has 0 fully saturated rings. The first-order valence-corrected chi connectivity index (χ1v) is 5.95. The highest BCUT2D eigenvalue weighted by Gasteiger charge is 2.18. The minimum Gasteiger partial charge on any atom is -0.468 e. The van der Waals surface area contributed by atoms with Gasteiger partial charge < -0.3 is 9.30 Å². The zero-order chi connectivity index (χ0) is 13.0. The van der Waals surface area contributed by atoms with Crippen LogP contribution >= 0.6 is 15.9 Å². The topological polar surface area (TPSA) is 70.3 Å². The largest absolute Gasteiger partial charge is 0.468 e. The Morgan fingerprint density at radius 3 is 2.71 bits per heavy atom. The van der Waals surface area contributed by atoms with Crippen molar-refractivity contribution in [3.63, 3.8) is 0 Å². The molecule has 17 heavy (non-hydrogen) atoms. The number of methoxy groups -OCH3 is 1. The Kier molecular flexibility index (Phi) is 4.68. The van der Waals surface area contributed by atoms with Crippen LogP contribution in [-0.2, 0) is 22.6 Å². The number of hydrogen-bond donors (Lipinski definition) is 0. The average molecular weight is 305 g/mol. The Hall–Kier alpha value is -1.37. The highest BCUT2D eigenvalue weighted by atomic mass is 79.9. The maximum Gasteiger partial charge on any atom is 0.330 e. The van der Waals surface area contributed by atoms with Crippen LogP contribution in [0.3, 0.4) is 0 Å². The van der Waals surface area contributed by atoms with Gasteiger partial charge in [0.1, 0.15) is 4.83 Å². The maximum atomic E-state index is 11.8. The Morgan fingerprint density at radius 1 is 1.53 bits per heavy atom. The van der Waals surface area contributed by atoms with Crippen LogP contribution in [0.25, 0.3) is 0 Å².